The first-order valence-corrected chi connectivity index (χ1v) is 7.08. The molecule has 0 saturated carbocycles. The molecule has 3 amide bonds. The highest BCUT2D eigenvalue weighted by molar-refractivity contribution is 5.90. The summed E-state index contributed by atoms with van der Waals surface area (Å²) in [7, 11) is 0. The van der Waals surface area contributed by atoms with Crippen LogP contribution in [0.15, 0.2) is 0 Å². The topological polar surface area (TPSA) is 119 Å². The van der Waals surface area contributed by atoms with Crippen molar-refractivity contribution >= 4 is 17.9 Å². The predicted octanol–water partition coefficient (Wildman–Crippen LogP) is -1.01. The second-order valence-corrected chi connectivity index (χ2v) is 5.81. The number of carbonyl (C=O) groups is 3. The van der Waals surface area contributed by atoms with Crippen LogP contribution in [-0.2, 0) is 9.59 Å². The second-order valence-electron chi connectivity index (χ2n) is 5.81. The number of rotatable bonds is 4. The molecule has 8 heteroatoms. The van der Waals surface area contributed by atoms with E-state index in [2.05, 4.69) is 10.6 Å². The molecule has 1 unspecified atom stereocenters. The maximum Gasteiger partial charge on any atom is 0.404 e. The zero-order valence-electron chi connectivity index (χ0n) is 12.1. The SMILES string of the molecule is C[C@@H](O)[C@H]1C(=O)N[C@@H]1[C@@H](C)C(=O)N1CCC(NC(=O)O)C1. The summed E-state index contributed by atoms with van der Waals surface area (Å²) in [5.74, 6) is -1.35. The largest absolute Gasteiger partial charge is 0.465 e. The molecule has 2 rings (SSSR count). The molecular weight excluding hydrogens is 278 g/mol. The number of amides is 3. The van der Waals surface area contributed by atoms with E-state index in [-0.39, 0.29) is 23.9 Å². The molecule has 0 aromatic rings. The van der Waals surface area contributed by atoms with Crippen LogP contribution in [0.4, 0.5) is 4.79 Å². The van der Waals surface area contributed by atoms with Gasteiger partial charge in [0.1, 0.15) is 0 Å². The van der Waals surface area contributed by atoms with Gasteiger partial charge in [-0.3, -0.25) is 9.59 Å². The fourth-order valence-electron chi connectivity index (χ4n) is 3.07. The van der Waals surface area contributed by atoms with Crippen LogP contribution in [0.25, 0.3) is 0 Å². The molecule has 21 heavy (non-hydrogen) atoms. The predicted molar refractivity (Wildman–Crippen MR) is 72.4 cm³/mol. The van der Waals surface area contributed by atoms with Gasteiger partial charge in [-0.1, -0.05) is 6.92 Å². The molecule has 2 aliphatic rings. The average molecular weight is 299 g/mol. The molecule has 0 radical (unpaired) electrons. The molecular formula is C13H21N3O5. The molecule has 0 aromatic heterocycles. The molecule has 0 spiro atoms. The molecule has 4 N–H and O–H groups in total. The Morgan fingerprint density at radius 1 is 1.43 bits per heavy atom. The van der Waals surface area contributed by atoms with E-state index in [1.54, 1.807) is 11.8 Å². The van der Waals surface area contributed by atoms with Crippen molar-refractivity contribution in [3.8, 4) is 0 Å². The van der Waals surface area contributed by atoms with Crippen molar-refractivity contribution in [3.05, 3.63) is 0 Å². The van der Waals surface area contributed by atoms with Gasteiger partial charge in [-0.15, -0.1) is 0 Å². The van der Waals surface area contributed by atoms with Gasteiger partial charge in [0.15, 0.2) is 0 Å². The maximum atomic E-state index is 12.4. The number of aliphatic hydroxyl groups excluding tert-OH is 1. The number of carbonyl (C=O) groups excluding carboxylic acids is 2. The molecule has 0 aromatic carbocycles. The smallest absolute Gasteiger partial charge is 0.404 e. The van der Waals surface area contributed by atoms with Crippen molar-refractivity contribution in [2.24, 2.45) is 11.8 Å². The van der Waals surface area contributed by atoms with Gasteiger partial charge in [0, 0.05) is 13.1 Å². The van der Waals surface area contributed by atoms with E-state index < -0.39 is 24.0 Å². The first-order valence-electron chi connectivity index (χ1n) is 7.08. The van der Waals surface area contributed by atoms with Crippen molar-refractivity contribution in [2.75, 3.05) is 13.1 Å². The summed E-state index contributed by atoms with van der Waals surface area (Å²) < 4.78 is 0. The Kier molecular flexibility index (Phi) is 4.36. The Balaban J connectivity index is 1.92. The van der Waals surface area contributed by atoms with Crippen molar-refractivity contribution in [3.63, 3.8) is 0 Å². The fourth-order valence-corrected chi connectivity index (χ4v) is 3.07. The van der Waals surface area contributed by atoms with Crippen LogP contribution in [0.5, 0.6) is 0 Å². The summed E-state index contributed by atoms with van der Waals surface area (Å²) in [6.45, 7) is 4.10. The molecule has 2 heterocycles. The lowest BCUT2D eigenvalue weighted by molar-refractivity contribution is -0.148. The Bertz CT molecular complexity index is 453. The Morgan fingerprint density at radius 2 is 2.10 bits per heavy atom. The quantitative estimate of drug-likeness (QED) is 0.496. The zero-order valence-corrected chi connectivity index (χ0v) is 12.1. The molecule has 8 nitrogen and oxygen atoms in total. The number of aliphatic hydroxyl groups is 1. The third-order valence-electron chi connectivity index (χ3n) is 4.27. The van der Waals surface area contributed by atoms with Crippen molar-refractivity contribution in [1.82, 2.24) is 15.5 Å². The summed E-state index contributed by atoms with van der Waals surface area (Å²) >= 11 is 0. The molecule has 118 valence electrons. The third kappa shape index (κ3) is 3.10. The third-order valence-corrected chi connectivity index (χ3v) is 4.27. The molecule has 2 fully saturated rings. The zero-order chi connectivity index (χ0) is 15.7. The Morgan fingerprint density at radius 3 is 2.62 bits per heavy atom. The number of likely N-dealkylation sites (tertiary alicyclic amines) is 1. The Hall–Kier alpha value is -1.83. The fraction of sp³-hybridized carbons (Fsp3) is 0.769. The lowest BCUT2D eigenvalue weighted by Gasteiger charge is -2.42. The van der Waals surface area contributed by atoms with Gasteiger partial charge < -0.3 is 25.7 Å². The van der Waals surface area contributed by atoms with Crippen LogP contribution < -0.4 is 10.6 Å². The van der Waals surface area contributed by atoms with Crippen LogP contribution in [0.3, 0.4) is 0 Å². The standard InChI is InChI=1S/C13H21N3O5/c1-6(10-9(7(2)17)11(18)15-10)12(19)16-4-3-8(5-16)14-13(20)21/h6-10,14,17H,3-5H2,1-2H3,(H,15,18)(H,20,21)/t6-,7-,8?,9-,10-/m1/s1. The highest BCUT2D eigenvalue weighted by Gasteiger charge is 2.48. The normalized spacial score (nSPS) is 31.1. The summed E-state index contributed by atoms with van der Waals surface area (Å²) in [6, 6.07) is -0.612. The maximum absolute atomic E-state index is 12.4. The lowest BCUT2D eigenvalue weighted by Crippen LogP contribution is -2.66. The van der Waals surface area contributed by atoms with Crippen LogP contribution >= 0.6 is 0 Å². The number of carboxylic acid groups (broad SMARTS) is 1. The van der Waals surface area contributed by atoms with Crippen LogP contribution in [-0.4, -0.2) is 64.3 Å². The minimum Gasteiger partial charge on any atom is -0.465 e. The summed E-state index contributed by atoms with van der Waals surface area (Å²) in [5.41, 5.74) is 0. The van der Waals surface area contributed by atoms with E-state index in [0.29, 0.717) is 19.5 Å². The number of nitrogens with zero attached hydrogens (tertiary/aromatic N) is 1. The summed E-state index contributed by atoms with van der Waals surface area (Å²) in [4.78, 5) is 36.0. The van der Waals surface area contributed by atoms with Gasteiger partial charge in [-0.2, -0.15) is 0 Å². The first kappa shape index (κ1) is 15.6. The van der Waals surface area contributed by atoms with Gasteiger partial charge in [0.2, 0.25) is 11.8 Å². The van der Waals surface area contributed by atoms with E-state index >= 15 is 0 Å². The van der Waals surface area contributed by atoms with Gasteiger partial charge >= 0.3 is 6.09 Å². The lowest BCUT2D eigenvalue weighted by atomic mass is 9.78. The van der Waals surface area contributed by atoms with Crippen LogP contribution in [0.1, 0.15) is 20.3 Å². The minimum absolute atomic E-state index is 0.125. The van der Waals surface area contributed by atoms with Crippen molar-refractivity contribution in [2.45, 2.75) is 38.5 Å². The molecule has 0 bridgehead atoms. The number of nitrogens with one attached hydrogen (secondary N) is 2. The summed E-state index contributed by atoms with van der Waals surface area (Å²) in [6.07, 6.45) is -1.30. The summed E-state index contributed by atoms with van der Waals surface area (Å²) in [5, 5.41) is 23.3. The van der Waals surface area contributed by atoms with Gasteiger partial charge in [-0.05, 0) is 13.3 Å². The van der Waals surface area contributed by atoms with Gasteiger partial charge in [0.25, 0.3) is 0 Å². The first-order chi connectivity index (χ1) is 9.81. The highest BCUT2D eigenvalue weighted by Crippen LogP contribution is 2.27. The second kappa shape index (κ2) is 5.88. The van der Waals surface area contributed by atoms with E-state index in [1.807, 2.05) is 0 Å². The molecule has 2 aliphatic heterocycles. The minimum atomic E-state index is -1.09. The van der Waals surface area contributed by atoms with E-state index in [0.717, 1.165) is 0 Å². The van der Waals surface area contributed by atoms with E-state index in [1.165, 1.54) is 6.92 Å². The monoisotopic (exact) mass is 299 g/mol. The van der Waals surface area contributed by atoms with E-state index in [9.17, 15) is 19.5 Å². The van der Waals surface area contributed by atoms with Crippen LogP contribution in [0.2, 0.25) is 0 Å². The molecule has 5 atom stereocenters. The van der Waals surface area contributed by atoms with Crippen molar-refractivity contribution < 1.29 is 24.6 Å². The van der Waals surface area contributed by atoms with Gasteiger partial charge in [0.05, 0.1) is 30.0 Å². The van der Waals surface area contributed by atoms with E-state index in [4.69, 9.17) is 5.11 Å². The molecule has 2 saturated heterocycles. The number of hydrogen-bond donors (Lipinski definition) is 4. The average Bonchev–Trinajstić information content (AvgIpc) is 2.80. The number of β-lactam (4-membered cyclic amide) rings is 1. The number of hydrogen-bond acceptors (Lipinski definition) is 4. The molecule has 0 aliphatic carbocycles. The van der Waals surface area contributed by atoms with Crippen molar-refractivity contribution in [1.29, 1.82) is 0 Å². The van der Waals surface area contributed by atoms with Crippen LogP contribution in [0, 0.1) is 11.8 Å². The highest BCUT2D eigenvalue weighted by atomic mass is 16.4. The Labute approximate surface area is 122 Å². The van der Waals surface area contributed by atoms with Gasteiger partial charge in [-0.25, -0.2) is 4.79 Å².